The molecule has 0 aliphatic rings. The third kappa shape index (κ3) is 41.3. The van der Waals surface area contributed by atoms with E-state index in [0.29, 0.717) is 19.8 Å². The first-order valence-electron chi connectivity index (χ1n) is 16.2. The molecule has 0 amide bonds. The molecule has 0 unspecified atom stereocenters. The van der Waals surface area contributed by atoms with Gasteiger partial charge < -0.3 is 15.3 Å². The van der Waals surface area contributed by atoms with E-state index in [1.165, 1.54) is 161 Å². The normalized spacial score (nSPS) is 11.0. The van der Waals surface area contributed by atoms with E-state index in [9.17, 15) is 0 Å². The van der Waals surface area contributed by atoms with Gasteiger partial charge in [0.05, 0.1) is 0 Å². The van der Waals surface area contributed by atoms with Gasteiger partial charge in [-0.2, -0.15) is 0 Å². The average Bonchev–Trinajstić information content (AvgIpc) is 2.87. The first-order chi connectivity index (χ1) is 17.3. The average molecular weight is 501 g/mol. The van der Waals surface area contributed by atoms with Crippen LogP contribution in [-0.4, -0.2) is 35.1 Å². The fourth-order valence-electron chi connectivity index (χ4n) is 4.65. The number of unbranched alkanes of at least 4 members (excludes halogenated alkanes) is 26. The summed E-state index contributed by atoms with van der Waals surface area (Å²) in [5, 5.41) is 25.9. The molecule has 35 heavy (non-hydrogen) atoms. The topological polar surface area (TPSA) is 60.7 Å². The molecule has 0 radical (unpaired) electrons. The van der Waals surface area contributed by atoms with E-state index in [1.807, 2.05) is 0 Å². The second-order valence-corrected chi connectivity index (χ2v) is 10.7. The van der Waals surface area contributed by atoms with Gasteiger partial charge in [0, 0.05) is 19.8 Å². The van der Waals surface area contributed by atoms with Gasteiger partial charge in [-0.3, -0.25) is 0 Å². The van der Waals surface area contributed by atoms with Crippen LogP contribution in [0.1, 0.15) is 187 Å². The Kier molecular flexibility index (Phi) is 40.6. The van der Waals surface area contributed by atoms with E-state index in [-0.39, 0.29) is 0 Å². The van der Waals surface area contributed by atoms with E-state index in [2.05, 4.69) is 6.92 Å². The molecule has 0 spiro atoms. The highest BCUT2D eigenvalue weighted by Crippen LogP contribution is 2.14. The van der Waals surface area contributed by atoms with Crippen LogP contribution in [0.5, 0.6) is 0 Å². The van der Waals surface area contributed by atoms with Gasteiger partial charge in [0.15, 0.2) is 0 Å². The summed E-state index contributed by atoms with van der Waals surface area (Å²) in [6.07, 6.45) is 37.2. The summed E-state index contributed by atoms with van der Waals surface area (Å²) >= 11 is 0. The van der Waals surface area contributed by atoms with Gasteiger partial charge in [-0.1, -0.05) is 167 Å². The zero-order valence-electron chi connectivity index (χ0n) is 24.3. The molecule has 0 rings (SSSR count). The van der Waals surface area contributed by atoms with Gasteiger partial charge in [-0.25, -0.2) is 0 Å². The predicted octanol–water partition coefficient (Wildman–Crippen LogP) is 9.89. The maximum atomic E-state index is 8.65. The molecule has 0 aromatic rings. The molecule has 0 saturated heterocycles. The first-order valence-corrected chi connectivity index (χ1v) is 16.2. The zero-order chi connectivity index (χ0) is 25.9. The molecule has 0 bridgehead atoms. The van der Waals surface area contributed by atoms with E-state index in [0.717, 1.165) is 19.3 Å². The van der Waals surface area contributed by atoms with Crippen molar-refractivity contribution >= 4 is 0 Å². The van der Waals surface area contributed by atoms with Crippen molar-refractivity contribution in [2.75, 3.05) is 19.8 Å². The quantitative estimate of drug-likeness (QED) is 0.0895. The van der Waals surface area contributed by atoms with Crippen LogP contribution in [0.15, 0.2) is 0 Å². The lowest BCUT2D eigenvalue weighted by atomic mass is 10.0. The monoisotopic (exact) mass is 501 g/mol. The van der Waals surface area contributed by atoms with Gasteiger partial charge in [-0.15, -0.1) is 0 Å². The van der Waals surface area contributed by atoms with Gasteiger partial charge >= 0.3 is 0 Å². The van der Waals surface area contributed by atoms with Gasteiger partial charge in [0.2, 0.25) is 0 Å². The maximum absolute atomic E-state index is 8.65. The van der Waals surface area contributed by atoms with E-state index in [4.69, 9.17) is 15.3 Å². The van der Waals surface area contributed by atoms with Crippen LogP contribution in [0.2, 0.25) is 0 Å². The molecule has 0 atom stereocenters. The smallest absolute Gasteiger partial charge is 0.0431 e. The Morgan fingerprint density at radius 1 is 0.229 bits per heavy atom. The Labute approximate surface area is 221 Å². The third-order valence-electron chi connectivity index (χ3n) is 7.08. The van der Waals surface area contributed by atoms with Crippen molar-refractivity contribution in [3.05, 3.63) is 0 Å². The fourth-order valence-corrected chi connectivity index (χ4v) is 4.65. The highest BCUT2D eigenvalue weighted by Gasteiger charge is 1.95. The zero-order valence-corrected chi connectivity index (χ0v) is 24.3. The van der Waals surface area contributed by atoms with Crippen molar-refractivity contribution in [2.24, 2.45) is 0 Å². The molecule has 3 heteroatoms. The molecule has 0 fully saturated rings. The fraction of sp³-hybridized carbons (Fsp3) is 1.00. The minimum atomic E-state index is 0.359. The molecule has 0 saturated carbocycles. The number of rotatable bonds is 29. The summed E-state index contributed by atoms with van der Waals surface area (Å²) in [5.74, 6) is 0. The second-order valence-electron chi connectivity index (χ2n) is 10.7. The summed E-state index contributed by atoms with van der Waals surface area (Å²) in [6.45, 7) is 3.37. The maximum Gasteiger partial charge on any atom is 0.0431 e. The molecule has 0 aliphatic carbocycles. The predicted molar refractivity (Wildman–Crippen MR) is 156 cm³/mol. The lowest BCUT2D eigenvalue weighted by Gasteiger charge is -2.02. The Balaban J connectivity index is 0. The first kappa shape index (κ1) is 37.0. The highest BCUT2D eigenvalue weighted by molar-refractivity contribution is 4.50. The lowest BCUT2D eigenvalue weighted by Crippen LogP contribution is -1.85. The summed E-state index contributed by atoms with van der Waals surface area (Å²) < 4.78 is 0. The Morgan fingerprint density at radius 3 is 0.514 bits per heavy atom. The summed E-state index contributed by atoms with van der Waals surface area (Å²) in [5.41, 5.74) is 0. The Morgan fingerprint density at radius 2 is 0.371 bits per heavy atom. The van der Waals surface area contributed by atoms with Crippen molar-refractivity contribution in [1.82, 2.24) is 0 Å². The molecule has 0 heterocycles. The minimum Gasteiger partial charge on any atom is -0.396 e. The molecule has 0 aromatic heterocycles. The van der Waals surface area contributed by atoms with Crippen LogP contribution >= 0.6 is 0 Å². The largest absolute Gasteiger partial charge is 0.396 e. The standard InChI is InChI=1S/C16H34O2.C16H34O/c17-15-13-11-9-7-5-3-1-2-4-6-8-10-12-14-16-18;1-2-3-4-5-6-7-8-9-10-11-12-13-14-15-16-17/h17-18H,1-16H2;17H,2-16H2,1H3. The van der Waals surface area contributed by atoms with Gasteiger partial charge in [0.1, 0.15) is 0 Å². The van der Waals surface area contributed by atoms with Crippen LogP contribution in [-0.2, 0) is 0 Å². The highest BCUT2D eigenvalue weighted by atomic mass is 16.3. The molecular weight excluding hydrogens is 432 g/mol. The number of aliphatic hydroxyl groups excluding tert-OH is 3. The summed E-state index contributed by atoms with van der Waals surface area (Å²) in [7, 11) is 0. The summed E-state index contributed by atoms with van der Waals surface area (Å²) in [6, 6.07) is 0. The van der Waals surface area contributed by atoms with E-state index >= 15 is 0 Å². The van der Waals surface area contributed by atoms with Crippen molar-refractivity contribution in [2.45, 2.75) is 187 Å². The third-order valence-corrected chi connectivity index (χ3v) is 7.08. The molecule has 214 valence electrons. The van der Waals surface area contributed by atoms with Crippen molar-refractivity contribution in [3.8, 4) is 0 Å². The molecule has 0 aromatic carbocycles. The lowest BCUT2D eigenvalue weighted by molar-refractivity contribution is 0.282. The molecule has 3 N–H and O–H groups in total. The Hall–Kier alpha value is -0.120. The van der Waals surface area contributed by atoms with Gasteiger partial charge in [0.25, 0.3) is 0 Å². The number of aliphatic hydroxyl groups is 3. The molecule has 0 aliphatic heterocycles. The van der Waals surface area contributed by atoms with Crippen molar-refractivity contribution in [1.29, 1.82) is 0 Å². The number of hydrogen-bond donors (Lipinski definition) is 3. The van der Waals surface area contributed by atoms with Crippen LogP contribution < -0.4 is 0 Å². The van der Waals surface area contributed by atoms with E-state index < -0.39 is 0 Å². The number of hydrogen-bond acceptors (Lipinski definition) is 3. The van der Waals surface area contributed by atoms with E-state index in [1.54, 1.807) is 0 Å². The van der Waals surface area contributed by atoms with Crippen LogP contribution in [0, 0.1) is 0 Å². The van der Waals surface area contributed by atoms with Crippen molar-refractivity contribution in [3.63, 3.8) is 0 Å². The Bertz CT molecular complexity index is 292. The molecular formula is C32H68O3. The minimum absolute atomic E-state index is 0.359. The SMILES string of the molecule is CCCCCCCCCCCCCCCCO.OCCCCCCCCCCCCCCCCO. The summed E-state index contributed by atoms with van der Waals surface area (Å²) in [4.78, 5) is 0. The van der Waals surface area contributed by atoms with Crippen LogP contribution in [0.4, 0.5) is 0 Å². The second kappa shape index (κ2) is 38.4. The van der Waals surface area contributed by atoms with Gasteiger partial charge in [-0.05, 0) is 19.3 Å². The molecule has 3 nitrogen and oxygen atoms in total. The van der Waals surface area contributed by atoms with Crippen LogP contribution in [0.25, 0.3) is 0 Å². The van der Waals surface area contributed by atoms with Crippen molar-refractivity contribution < 1.29 is 15.3 Å². The van der Waals surface area contributed by atoms with Crippen LogP contribution in [0.3, 0.4) is 0 Å².